The van der Waals surface area contributed by atoms with E-state index < -0.39 is 0 Å². The maximum absolute atomic E-state index is 12.9. The highest BCUT2D eigenvalue weighted by Crippen LogP contribution is 2.41. The van der Waals surface area contributed by atoms with E-state index in [1.54, 1.807) is 16.8 Å². The van der Waals surface area contributed by atoms with Gasteiger partial charge in [-0.25, -0.2) is 9.97 Å². The van der Waals surface area contributed by atoms with Crippen molar-refractivity contribution in [3.63, 3.8) is 0 Å². The highest BCUT2D eigenvalue weighted by Gasteiger charge is 2.19. The third-order valence-electron chi connectivity index (χ3n) is 4.28. The van der Waals surface area contributed by atoms with Crippen LogP contribution in [-0.2, 0) is 6.54 Å². The van der Waals surface area contributed by atoms with Crippen molar-refractivity contribution in [3.8, 4) is 17.2 Å². The zero-order valence-corrected chi connectivity index (χ0v) is 15.8. The van der Waals surface area contributed by atoms with Gasteiger partial charge in [-0.15, -0.1) is 0 Å². The van der Waals surface area contributed by atoms with Gasteiger partial charge in [-0.2, -0.15) is 0 Å². The zero-order valence-electron chi connectivity index (χ0n) is 15.8. The van der Waals surface area contributed by atoms with E-state index in [9.17, 15) is 4.79 Å². The number of pyridine rings is 1. The largest absolute Gasteiger partial charge is 0.493 e. The average Bonchev–Trinajstić information content (AvgIpc) is 2.69. The van der Waals surface area contributed by atoms with E-state index in [-0.39, 0.29) is 5.56 Å². The van der Waals surface area contributed by atoms with Gasteiger partial charge in [0.05, 0.1) is 33.0 Å². The van der Waals surface area contributed by atoms with Gasteiger partial charge in [-0.1, -0.05) is 6.07 Å². The number of hydrogen-bond donors (Lipinski definition) is 1. The summed E-state index contributed by atoms with van der Waals surface area (Å²) in [4.78, 5) is 21.6. The van der Waals surface area contributed by atoms with E-state index in [1.807, 2.05) is 19.1 Å². The topological polar surface area (TPSA) is 87.5 Å². The van der Waals surface area contributed by atoms with Crippen LogP contribution >= 0.6 is 0 Å². The Morgan fingerprint density at radius 1 is 1.11 bits per heavy atom. The molecular formula is C19H22N4O4. The molecule has 3 rings (SSSR count). The first-order valence-corrected chi connectivity index (χ1v) is 8.44. The number of aryl methyl sites for hydroxylation is 1. The van der Waals surface area contributed by atoms with Crippen LogP contribution in [0, 0.1) is 6.92 Å². The molecule has 0 saturated heterocycles. The maximum atomic E-state index is 12.9. The molecule has 0 amide bonds. The molecule has 0 aliphatic heterocycles. The lowest BCUT2D eigenvalue weighted by molar-refractivity contribution is 0.326. The van der Waals surface area contributed by atoms with Gasteiger partial charge in [0.15, 0.2) is 11.5 Å². The van der Waals surface area contributed by atoms with Gasteiger partial charge in [0.25, 0.3) is 5.56 Å². The van der Waals surface area contributed by atoms with Crippen molar-refractivity contribution in [2.75, 3.05) is 33.2 Å². The molecule has 0 aliphatic rings. The number of anilines is 1. The molecular weight excluding hydrogens is 348 g/mol. The molecule has 0 atom stereocenters. The number of hydrogen-bond acceptors (Lipinski definition) is 7. The van der Waals surface area contributed by atoms with Crippen LogP contribution in [0.2, 0.25) is 0 Å². The molecule has 1 N–H and O–H groups in total. The summed E-state index contributed by atoms with van der Waals surface area (Å²) >= 11 is 0. The van der Waals surface area contributed by atoms with E-state index in [4.69, 9.17) is 14.2 Å². The Kier molecular flexibility index (Phi) is 5.44. The first kappa shape index (κ1) is 18.5. The third-order valence-corrected chi connectivity index (χ3v) is 4.28. The SMILES string of the molecule is COc1cc2c(=O)n(CCNc3ncccc3C)cnc2c(OC)c1OC. The summed E-state index contributed by atoms with van der Waals surface area (Å²) in [6.45, 7) is 2.95. The standard InChI is InChI=1S/C19H22N4O4/c1-12-6-5-7-20-18(12)21-8-9-23-11-22-15-13(19(23)24)10-14(25-2)16(26-3)17(15)27-4/h5-7,10-11H,8-9H2,1-4H3,(H,20,21). The summed E-state index contributed by atoms with van der Waals surface area (Å²) in [5.41, 5.74) is 1.30. The quantitative estimate of drug-likeness (QED) is 0.682. The normalized spacial score (nSPS) is 10.7. The van der Waals surface area contributed by atoms with Gasteiger partial charge in [-0.3, -0.25) is 9.36 Å². The Morgan fingerprint density at radius 2 is 1.89 bits per heavy atom. The second-order valence-corrected chi connectivity index (χ2v) is 5.88. The Hall–Kier alpha value is -3.29. The predicted octanol–water partition coefficient (Wildman–Crippen LogP) is 2.24. The fraction of sp³-hybridized carbons (Fsp3) is 0.316. The van der Waals surface area contributed by atoms with Crippen LogP contribution in [0.25, 0.3) is 10.9 Å². The monoisotopic (exact) mass is 370 g/mol. The Bertz CT molecular complexity index is 1020. The Labute approximate surface area is 156 Å². The van der Waals surface area contributed by atoms with Crippen LogP contribution in [0.3, 0.4) is 0 Å². The van der Waals surface area contributed by atoms with Crippen molar-refractivity contribution in [2.24, 2.45) is 0 Å². The number of nitrogens with one attached hydrogen (secondary N) is 1. The maximum Gasteiger partial charge on any atom is 0.261 e. The summed E-state index contributed by atoms with van der Waals surface area (Å²) in [6.07, 6.45) is 3.23. The molecule has 2 heterocycles. The molecule has 2 aromatic heterocycles. The second kappa shape index (κ2) is 7.94. The molecule has 0 saturated carbocycles. The van der Waals surface area contributed by atoms with Gasteiger partial charge < -0.3 is 19.5 Å². The number of fused-ring (bicyclic) bond motifs is 1. The van der Waals surface area contributed by atoms with Gasteiger partial charge >= 0.3 is 0 Å². The molecule has 0 aliphatic carbocycles. The molecule has 142 valence electrons. The van der Waals surface area contributed by atoms with E-state index in [2.05, 4.69) is 15.3 Å². The molecule has 0 unspecified atom stereocenters. The summed E-state index contributed by atoms with van der Waals surface area (Å²) < 4.78 is 17.6. The highest BCUT2D eigenvalue weighted by atomic mass is 16.5. The van der Waals surface area contributed by atoms with Crippen LogP contribution in [0.5, 0.6) is 17.2 Å². The summed E-state index contributed by atoms with van der Waals surface area (Å²) in [6, 6.07) is 5.48. The fourth-order valence-electron chi connectivity index (χ4n) is 2.89. The van der Waals surface area contributed by atoms with Crippen LogP contribution in [0.4, 0.5) is 5.82 Å². The summed E-state index contributed by atoms with van der Waals surface area (Å²) in [5.74, 6) is 2.00. The second-order valence-electron chi connectivity index (χ2n) is 5.88. The minimum absolute atomic E-state index is 0.182. The molecule has 0 spiro atoms. The molecule has 1 aromatic carbocycles. The van der Waals surface area contributed by atoms with E-state index in [0.717, 1.165) is 11.4 Å². The minimum Gasteiger partial charge on any atom is -0.493 e. The van der Waals surface area contributed by atoms with E-state index in [1.165, 1.54) is 27.7 Å². The average molecular weight is 370 g/mol. The van der Waals surface area contributed by atoms with Gasteiger partial charge in [-0.05, 0) is 24.6 Å². The Morgan fingerprint density at radius 3 is 2.56 bits per heavy atom. The number of methoxy groups -OCH3 is 3. The van der Waals surface area contributed by atoms with Crippen molar-refractivity contribution in [1.29, 1.82) is 0 Å². The first-order valence-electron chi connectivity index (χ1n) is 8.44. The number of benzene rings is 1. The first-order chi connectivity index (χ1) is 13.1. The van der Waals surface area contributed by atoms with Crippen molar-refractivity contribution in [2.45, 2.75) is 13.5 Å². The molecule has 3 aromatic rings. The van der Waals surface area contributed by atoms with Gasteiger partial charge in [0, 0.05) is 19.3 Å². The van der Waals surface area contributed by atoms with Crippen LogP contribution < -0.4 is 25.1 Å². The number of nitrogens with zero attached hydrogens (tertiary/aromatic N) is 3. The molecule has 8 heteroatoms. The van der Waals surface area contributed by atoms with Crippen molar-refractivity contribution < 1.29 is 14.2 Å². The number of ether oxygens (including phenoxy) is 3. The predicted molar refractivity (Wildman–Crippen MR) is 103 cm³/mol. The minimum atomic E-state index is -0.182. The summed E-state index contributed by atoms with van der Waals surface area (Å²) in [7, 11) is 4.53. The van der Waals surface area contributed by atoms with Crippen LogP contribution in [-0.4, -0.2) is 42.4 Å². The molecule has 8 nitrogen and oxygen atoms in total. The molecule has 27 heavy (non-hydrogen) atoms. The number of rotatable bonds is 7. The molecule has 0 bridgehead atoms. The lowest BCUT2D eigenvalue weighted by Gasteiger charge is -2.15. The van der Waals surface area contributed by atoms with E-state index >= 15 is 0 Å². The van der Waals surface area contributed by atoms with Crippen molar-refractivity contribution in [3.05, 3.63) is 46.6 Å². The molecule has 0 radical (unpaired) electrons. The smallest absolute Gasteiger partial charge is 0.261 e. The summed E-state index contributed by atoms with van der Waals surface area (Å²) in [5, 5.41) is 3.64. The van der Waals surface area contributed by atoms with Gasteiger partial charge in [0.1, 0.15) is 11.3 Å². The third kappa shape index (κ3) is 3.51. The molecule has 0 fully saturated rings. The fourth-order valence-corrected chi connectivity index (χ4v) is 2.89. The Balaban J connectivity index is 1.93. The van der Waals surface area contributed by atoms with Crippen LogP contribution in [0.15, 0.2) is 35.5 Å². The van der Waals surface area contributed by atoms with Crippen LogP contribution in [0.1, 0.15) is 5.56 Å². The zero-order chi connectivity index (χ0) is 19.4. The highest BCUT2D eigenvalue weighted by molar-refractivity contribution is 5.89. The lowest BCUT2D eigenvalue weighted by atomic mass is 10.2. The van der Waals surface area contributed by atoms with Crippen molar-refractivity contribution in [1.82, 2.24) is 14.5 Å². The lowest BCUT2D eigenvalue weighted by Crippen LogP contribution is -2.24. The van der Waals surface area contributed by atoms with Gasteiger partial charge in [0.2, 0.25) is 5.75 Å². The van der Waals surface area contributed by atoms with Crippen molar-refractivity contribution >= 4 is 16.7 Å². The number of aromatic nitrogens is 3. The van der Waals surface area contributed by atoms with E-state index in [0.29, 0.717) is 41.2 Å².